The van der Waals surface area contributed by atoms with Crippen molar-refractivity contribution < 1.29 is 14.6 Å². The van der Waals surface area contributed by atoms with Gasteiger partial charge < -0.3 is 9.84 Å². The lowest BCUT2D eigenvalue weighted by atomic mass is 9.84. The molecule has 0 radical (unpaired) electrons. The Hall–Kier alpha value is -0.570. The van der Waals surface area contributed by atoms with E-state index in [0.29, 0.717) is 13.0 Å². The van der Waals surface area contributed by atoms with E-state index in [1.165, 1.54) is 0 Å². The minimum Gasteiger partial charge on any atom is -0.481 e. The van der Waals surface area contributed by atoms with Crippen LogP contribution >= 0.6 is 0 Å². The van der Waals surface area contributed by atoms with Crippen LogP contribution in [0.25, 0.3) is 0 Å². The van der Waals surface area contributed by atoms with Crippen LogP contribution in [0.15, 0.2) is 0 Å². The molecule has 1 aliphatic heterocycles. The Labute approximate surface area is 60.0 Å². The van der Waals surface area contributed by atoms with Crippen LogP contribution in [0.5, 0.6) is 0 Å². The first kappa shape index (κ1) is 7.54. The lowest BCUT2D eigenvalue weighted by Crippen LogP contribution is -2.33. The van der Waals surface area contributed by atoms with Crippen LogP contribution in [0, 0.1) is 5.41 Å². The quantitative estimate of drug-likeness (QED) is 0.594. The Kier molecular flexibility index (Phi) is 1.68. The van der Waals surface area contributed by atoms with Gasteiger partial charge in [-0.25, -0.2) is 0 Å². The second-order valence-corrected chi connectivity index (χ2v) is 2.99. The van der Waals surface area contributed by atoms with Gasteiger partial charge in [0.05, 0.1) is 11.5 Å². The molecule has 0 aromatic rings. The molecule has 0 bridgehead atoms. The standard InChI is InChI=1S/C7H12O3/c1-5-7(2,6(8)9)3-4-10-5/h5H,3-4H2,1-2H3,(H,8,9)/t5-,7-/m0/s1. The molecule has 1 aliphatic rings. The fourth-order valence-electron chi connectivity index (χ4n) is 1.12. The fraction of sp³-hybridized carbons (Fsp3) is 0.857. The van der Waals surface area contributed by atoms with E-state index in [1.807, 2.05) is 0 Å². The second-order valence-electron chi connectivity index (χ2n) is 2.99. The van der Waals surface area contributed by atoms with Crippen LogP contribution in [0.4, 0.5) is 0 Å². The molecule has 2 atom stereocenters. The van der Waals surface area contributed by atoms with Crippen LogP contribution < -0.4 is 0 Å². The Morgan fingerprint density at radius 1 is 1.80 bits per heavy atom. The first-order valence-corrected chi connectivity index (χ1v) is 3.42. The summed E-state index contributed by atoms with van der Waals surface area (Å²) in [7, 11) is 0. The van der Waals surface area contributed by atoms with Crippen molar-refractivity contribution in [3.05, 3.63) is 0 Å². The average Bonchev–Trinajstić information content (AvgIpc) is 2.15. The topological polar surface area (TPSA) is 46.5 Å². The van der Waals surface area contributed by atoms with E-state index in [0.717, 1.165) is 0 Å². The third-order valence-corrected chi connectivity index (χ3v) is 2.38. The van der Waals surface area contributed by atoms with Crippen molar-refractivity contribution in [1.29, 1.82) is 0 Å². The van der Waals surface area contributed by atoms with E-state index in [1.54, 1.807) is 13.8 Å². The molecule has 3 nitrogen and oxygen atoms in total. The highest BCUT2D eigenvalue weighted by molar-refractivity contribution is 5.75. The number of aliphatic carboxylic acids is 1. The van der Waals surface area contributed by atoms with Crippen molar-refractivity contribution >= 4 is 5.97 Å². The maximum Gasteiger partial charge on any atom is 0.312 e. The van der Waals surface area contributed by atoms with Crippen LogP contribution in [0.1, 0.15) is 20.3 Å². The van der Waals surface area contributed by atoms with Gasteiger partial charge in [-0.3, -0.25) is 4.79 Å². The molecule has 1 saturated heterocycles. The average molecular weight is 144 g/mol. The predicted octanol–water partition coefficient (Wildman–Crippen LogP) is 0.886. The molecule has 0 saturated carbocycles. The van der Waals surface area contributed by atoms with Gasteiger partial charge in [0.15, 0.2) is 0 Å². The minimum absolute atomic E-state index is 0.148. The Balaban J connectivity index is 2.75. The number of hydrogen-bond acceptors (Lipinski definition) is 2. The molecule has 0 unspecified atom stereocenters. The van der Waals surface area contributed by atoms with Crippen molar-refractivity contribution in [2.45, 2.75) is 26.4 Å². The third kappa shape index (κ3) is 0.904. The summed E-state index contributed by atoms with van der Waals surface area (Å²) in [6.45, 7) is 4.11. The zero-order chi connectivity index (χ0) is 7.78. The van der Waals surface area contributed by atoms with Crippen LogP contribution in [0.2, 0.25) is 0 Å². The maximum absolute atomic E-state index is 10.7. The van der Waals surface area contributed by atoms with Gasteiger partial charge in [0.2, 0.25) is 0 Å². The zero-order valence-electron chi connectivity index (χ0n) is 6.26. The summed E-state index contributed by atoms with van der Waals surface area (Å²) in [6, 6.07) is 0. The van der Waals surface area contributed by atoms with Crippen LogP contribution in [0.3, 0.4) is 0 Å². The van der Waals surface area contributed by atoms with Gasteiger partial charge >= 0.3 is 5.97 Å². The molecule has 1 fully saturated rings. The van der Waals surface area contributed by atoms with E-state index in [-0.39, 0.29) is 6.10 Å². The minimum atomic E-state index is -0.752. The summed E-state index contributed by atoms with van der Waals surface area (Å²) in [5, 5.41) is 8.76. The molecule has 1 heterocycles. The number of carboxylic acids is 1. The summed E-state index contributed by atoms with van der Waals surface area (Å²) < 4.78 is 5.15. The summed E-state index contributed by atoms with van der Waals surface area (Å²) >= 11 is 0. The van der Waals surface area contributed by atoms with Crippen molar-refractivity contribution in [2.24, 2.45) is 5.41 Å². The van der Waals surface area contributed by atoms with Crippen LogP contribution in [-0.2, 0) is 9.53 Å². The van der Waals surface area contributed by atoms with Crippen molar-refractivity contribution in [3.8, 4) is 0 Å². The summed E-state index contributed by atoms with van der Waals surface area (Å²) in [4.78, 5) is 10.7. The molecule has 58 valence electrons. The molecule has 0 aliphatic carbocycles. The predicted molar refractivity (Wildman–Crippen MR) is 35.8 cm³/mol. The molecule has 10 heavy (non-hydrogen) atoms. The van der Waals surface area contributed by atoms with Gasteiger partial charge in [-0.1, -0.05) is 0 Å². The van der Waals surface area contributed by atoms with Gasteiger partial charge in [0.25, 0.3) is 0 Å². The third-order valence-electron chi connectivity index (χ3n) is 2.38. The van der Waals surface area contributed by atoms with Gasteiger partial charge in [0.1, 0.15) is 0 Å². The Bertz CT molecular complexity index is 155. The number of carboxylic acid groups (broad SMARTS) is 1. The summed E-state index contributed by atoms with van der Waals surface area (Å²) in [5.74, 6) is -0.752. The second kappa shape index (κ2) is 2.23. The summed E-state index contributed by atoms with van der Waals surface area (Å²) in [5.41, 5.74) is -0.653. The van der Waals surface area contributed by atoms with E-state index in [2.05, 4.69) is 0 Å². The smallest absolute Gasteiger partial charge is 0.312 e. The van der Waals surface area contributed by atoms with E-state index < -0.39 is 11.4 Å². The highest BCUT2D eigenvalue weighted by atomic mass is 16.5. The normalized spacial score (nSPS) is 40.0. The lowest BCUT2D eigenvalue weighted by molar-refractivity contribution is -0.150. The van der Waals surface area contributed by atoms with Crippen LogP contribution in [-0.4, -0.2) is 23.8 Å². The number of rotatable bonds is 1. The Morgan fingerprint density at radius 3 is 2.60 bits per heavy atom. The molecule has 1 N–H and O–H groups in total. The zero-order valence-corrected chi connectivity index (χ0v) is 6.26. The largest absolute Gasteiger partial charge is 0.481 e. The van der Waals surface area contributed by atoms with E-state index >= 15 is 0 Å². The van der Waals surface area contributed by atoms with Crippen molar-refractivity contribution in [3.63, 3.8) is 0 Å². The first-order chi connectivity index (χ1) is 4.57. The van der Waals surface area contributed by atoms with Crippen molar-refractivity contribution in [2.75, 3.05) is 6.61 Å². The van der Waals surface area contributed by atoms with Gasteiger partial charge in [-0.2, -0.15) is 0 Å². The number of hydrogen-bond donors (Lipinski definition) is 1. The molecule has 0 amide bonds. The summed E-state index contributed by atoms with van der Waals surface area (Å²) in [6.07, 6.45) is 0.480. The monoisotopic (exact) mass is 144 g/mol. The molecular weight excluding hydrogens is 132 g/mol. The SMILES string of the molecule is C[C@@H]1OCC[C@]1(C)C(=O)O. The molecule has 3 heteroatoms. The van der Waals surface area contributed by atoms with Gasteiger partial charge in [0, 0.05) is 6.61 Å². The highest BCUT2D eigenvalue weighted by Crippen LogP contribution is 2.34. The fourth-order valence-corrected chi connectivity index (χ4v) is 1.12. The Morgan fingerprint density at radius 2 is 2.40 bits per heavy atom. The highest BCUT2D eigenvalue weighted by Gasteiger charge is 2.43. The molecule has 0 aromatic heterocycles. The maximum atomic E-state index is 10.7. The lowest BCUT2D eigenvalue weighted by Gasteiger charge is -2.21. The van der Waals surface area contributed by atoms with E-state index in [9.17, 15) is 4.79 Å². The van der Waals surface area contributed by atoms with Crippen molar-refractivity contribution in [1.82, 2.24) is 0 Å². The molecule has 0 spiro atoms. The van der Waals surface area contributed by atoms with E-state index in [4.69, 9.17) is 9.84 Å². The van der Waals surface area contributed by atoms with Gasteiger partial charge in [-0.05, 0) is 20.3 Å². The molecule has 0 aromatic carbocycles. The molecular formula is C7H12O3. The number of ether oxygens (including phenoxy) is 1. The first-order valence-electron chi connectivity index (χ1n) is 3.42. The molecule has 1 rings (SSSR count). The number of carbonyl (C=O) groups is 1. The van der Waals surface area contributed by atoms with Gasteiger partial charge in [-0.15, -0.1) is 0 Å².